The van der Waals surface area contributed by atoms with Gasteiger partial charge in [0.2, 0.25) is 5.91 Å². The summed E-state index contributed by atoms with van der Waals surface area (Å²) in [5.74, 6) is 0.0174. The van der Waals surface area contributed by atoms with Crippen molar-refractivity contribution in [3.05, 3.63) is 15.3 Å². The molecule has 1 N–H and O–H groups in total. The minimum atomic E-state index is 0.0174. The summed E-state index contributed by atoms with van der Waals surface area (Å²) < 4.78 is 3.14. The molecule has 0 unspecified atom stereocenters. The van der Waals surface area contributed by atoms with Gasteiger partial charge in [-0.3, -0.25) is 4.79 Å². The molecule has 0 aliphatic heterocycles. The monoisotopic (exact) mass is 321 g/mol. The number of nitrogens with one attached hydrogen (secondary N) is 1. The molecule has 0 aromatic carbocycles. The van der Waals surface area contributed by atoms with Gasteiger partial charge in [-0.15, -0.1) is 0 Å². The highest BCUT2D eigenvalue weighted by atomic mass is 79.9. The summed E-state index contributed by atoms with van der Waals surface area (Å²) in [6, 6.07) is 2.21. The fourth-order valence-corrected chi connectivity index (χ4v) is 2.25. The third kappa shape index (κ3) is 2.57. The third-order valence-electron chi connectivity index (χ3n) is 1.94. The van der Waals surface area contributed by atoms with Crippen LogP contribution in [0.5, 0.6) is 0 Å². The van der Waals surface area contributed by atoms with Gasteiger partial charge >= 0.3 is 0 Å². The van der Waals surface area contributed by atoms with Crippen LogP contribution in [-0.4, -0.2) is 21.7 Å². The molecular weight excluding hydrogens is 314 g/mol. The summed E-state index contributed by atoms with van der Waals surface area (Å²) in [6.45, 7) is 0.267. The molecule has 2 rings (SSSR count). The van der Waals surface area contributed by atoms with Crippen molar-refractivity contribution < 1.29 is 4.79 Å². The second-order valence-corrected chi connectivity index (χ2v) is 4.91. The lowest BCUT2D eigenvalue weighted by molar-refractivity contribution is -0.122. The molecule has 0 bridgehead atoms. The first-order valence-corrected chi connectivity index (χ1v) is 5.92. The highest BCUT2D eigenvalue weighted by molar-refractivity contribution is 9.11. The predicted octanol–water partition coefficient (Wildman–Crippen LogP) is 1.69. The van der Waals surface area contributed by atoms with E-state index in [1.165, 1.54) is 0 Å². The zero-order valence-electron chi connectivity index (χ0n) is 7.33. The lowest BCUT2D eigenvalue weighted by Crippen LogP contribution is -2.29. The number of amides is 1. The number of aromatic nitrogens is 2. The molecule has 1 aromatic heterocycles. The van der Waals surface area contributed by atoms with Gasteiger partial charge in [-0.2, -0.15) is 5.10 Å². The zero-order valence-corrected chi connectivity index (χ0v) is 10.5. The normalized spacial score (nSPS) is 15.6. The fraction of sp³-hybridized carbons (Fsp3) is 0.500. The molecule has 0 atom stereocenters. The molecule has 76 valence electrons. The van der Waals surface area contributed by atoms with Gasteiger partial charge in [-0.05, 0) is 44.7 Å². The number of halogens is 2. The number of carbonyl (C=O) groups is 1. The van der Waals surface area contributed by atoms with E-state index in [9.17, 15) is 4.79 Å². The first kappa shape index (κ1) is 10.2. The van der Waals surface area contributed by atoms with E-state index in [4.69, 9.17) is 0 Å². The Morgan fingerprint density at radius 2 is 2.36 bits per heavy atom. The average Bonchev–Trinajstić information content (AvgIpc) is 2.81. The van der Waals surface area contributed by atoms with Crippen molar-refractivity contribution in [2.75, 3.05) is 0 Å². The van der Waals surface area contributed by atoms with Crippen LogP contribution in [0.3, 0.4) is 0 Å². The van der Waals surface area contributed by atoms with Crippen molar-refractivity contribution in [3.8, 4) is 0 Å². The Bertz CT molecular complexity index is 359. The van der Waals surface area contributed by atoms with E-state index in [-0.39, 0.29) is 12.5 Å². The molecule has 14 heavy (non-hydrogen) atoms. The van der Waals surface area contributed by atoms with E-state index >= 15 is 0 Å². The Hall–Kier alpha value is -0.360. The molecule has 1 aliphatic rings. The van der Waals surface area contributed by atoms with Crippen LogP contribution < -0.4 is 5.32 Å². The molecule has 6 heteroatoms. The van der Waals surface area contributed by atoms with Crippen LogP contribution in [0.4, 0.5) is 0 Å². The zero-order chi connectivity index (χ0) is 10.1. The number of nitrogens with zero attached hydrogens (tertiary/aromatic N) is 2. The Labute approximate surface area is 98.3 Å². The van der Waals surface area contributed by atoms with E-state index in [1.807, 2.05) is 6.07 Å². The van der Waals surface area contributed by atoms with Gasteiger partial charge in [0.1, 0.15) is 15.8 Å². The summed E-state index contributed by atoms with van der Waals surface area (Å²) in [7, 11) is 0. The maximum absolute atomic E-state index is 11.4. The molecule has 1 aromatic rings. The number of carbonyl (C=O) groups excluding carboxylic acids is 1. The summed E-state index contributed by atoms with van der Waals surface area (Å²) >= 11 is 6.56. The molecule has 1 fully saturated rings. The van der Waals surface area contributed by atoms with Crippen molar-refractivity contribution in [2.45, 2.75) is 25.4 Å². The number of rotatable bonds is 3. The molecule has 1 aliphatic carbocycles. The van der Waals surface area contributed by atoms with Gasteiger partial charge in [0.15, 0.2) is 0 Å². The van der Waals surface area contributed by atoms with Crippen LogP contribution in [-0.2, 0) is 11.3 Å². The van der Waals surface area contributed by atoms with Gasteiger partial charge in [-0.25, -0.2) is 4.68 Å². The van der Waals surface area contributed by atoms with Crippen LogP contribution in [0.1, 0.15) is 12.8 Å². The van der Waals surface area contributed by atoms with Crippen molar-refractivity contribution in [2.24, 2.45) is 0 Å². The molecule has 1 heterocycles. The summed E-state index contributed by atoms with van der Waals surface area (Å²) in [5, 5.41) is 7.01. The molecule has 0 radical (unpaired) electrons. The van der Waals surface area contributed by atoms with Crippen LogP contribution in [0, 0.1) is 0 Å². The molecule has 0 spiro atoms. The Balaban J connectivity index is 1.95. The first-order chi connectivity index (χ1) is 6.65. The summed E-state index contributed by atoms with van der Waals surface area (Å²) in [6.07, 6.45) is 2.21. The van der Waals surface area contributed by atoms with Gasteiger partial charge in [-0.1, -0.05) is 0 Å². The standard InChI is InChI=1S/C8H9Br2N3O/c9-6-3-7(10)13(12-6)4-8(14)11-5-1-2-5/h3,5H,1-2,4H2,(H,11,14). The Kier molecular flexibility index (Phi) is 2.92. The molecule has 1 amide bonds. The quantitative estimate of drug-likeness (QED) is 0.920. The van der Waals surface area contributed by atoms with E-state index in [2.05, 4.69) is 42.3 Å². The highest BCUT2D eigenvalue weighted by Crippen LogP contribution is 2.19. The van der Waals surface area contributed by atoms with Crippen molar-refractivity contribution in [1.29, 1.82) is 0 Å². The molecular formula is C8H9Br2N3O. The largest absolute Gasteiger partial charge is 0.352 e. The third-order valence-corrected chi connectivity index (χ3v) is 2.96. The average molecular weight is 323 g/mol. The van der Waals surface area contributed by atoms with Gasteiger partial charge in [0, 0.05) is 12.1 Å². The summed E-state index contributed by atoms with van der Waals surface area (Å²) in [4.78, 5) is 11.4. The van der Waals surface area contributed by atoms with Crippen LogP contribution in [0.25, 0.3) is 0 Å². The van der Waals surface area contributed by atoms with Crippen LogP contribution >= 0.6 is 31.9 Å². The van der Waals surface area contributed by atoms with E-state index in [0.717, 1.165) is 22.0 Å². The van der Waals surface area contributed by atoms with Crippen molar-refractivity contribution >= 4 is 37.8 Å². The molecule has 1 saturated carbocycles. The maximum Gasteiger partial charge on any atom is 0.241 e. The van der Waals surface area contributed by atoms with E-state index in [1.54, 1.807) is 4.68 Å². The van der Waals surface area contributed by atoms with Gasteiger partial charge in [0.05, 0.1) is 0 Å². The van der Waals surface area contributed by atoms with Crippen LogP contribution in [0.15, 0.2) is 15.3 Å². The summed E-state index contributed by atoms with van der Waals surface area (Å²) in [5.41, 5.74) is 0. The lowest BCUT2D eigenvalue weighted by atomic mass is 10.5. The first-order valence-electron chi connectivity index (χ1n) is 4.33. The predicted molar refractivity (Wildman–Crippen MR) is 58.8 cm³/mol. The second kappa shape index (κ2) is 4.02. The maximum atomic E-state index is 11.4. The smallest absolute Gasteiger partial charge is 0.241 e. The minimum Gasteiger partial charge on any atom is -0.352 e. The minimum absolute atomic E-state index is 0.0174. The molecule has 4 nitrogen and oxygen atoms in total. The van der Waals surface area contributed by atoms with Gasteiger partial charge < -0.3 is 5.32 Å². The van der Waals surface area contributed by atoms with E-state index < -0.39 is 0 Å². The Morgan fingerprint density at radius 1 is 1.64 bits per heavy atom. The molecule has 0 saturated heterocycles. The fourth-order valence-electron chi connectivity index (χ4n) is 1.11. The topological polar surface area (TPSA) is 46.9 Å². The van der Waals surface area contributed by atoms with Crippen LogP contribution in [0.2, 0.25) is 0 Å². The number of hydrogen-bond acceptors (Lipinski definition) is 2. The van der Waals surface area contributed by atoms with Crippen molar-refractivity contribution in [1.82, 2.24) is 15.1 Å². The lowest BCUT2D eigenvalue weighted by Gasteiger charge is -2.03. The van der Waals surface area contributed by atoms with Crippen molar-refractivity contribution in [3.63, 3.8) is 0 Å². The van der Waals surface area contributed by atoms with E-state index in [0.29, 0.717) is 6.04 Å². The Morgan fingerprint density at radius 3 is 2.86 bits per heavy atom. The second-order valence-electron chi connectivity index (χ2n) is 3.29. The SMILES string of the molecule is O=C(Cn1nc(Br)cc1Br)NC1CC1. The number of hydrogen-bond donors (Lipinski definition) is 1. The highest BCUT2D eigenvalue weighted by Gasteiger charge is 2.23. The van der Waals surface area contributed by atoms with Gasteiger partial charge in [0.25, 0.3) is 0 Å².